The van der Waals surface area contributed by atoms with Crippen LogP contribution in [0.3, 0.4) is 0 Å². The minimum Gasteiger partial charge on any atom is -0.326 e. The number of nitrogens with one attached hydrogen (secondary N) is 1. The van der Waals surface area contributed by atoms with Gasteiger partial charge in [0.15, 0.2) is 0 Å². The Labute approximate surface area is 82.7 Å². The second kappa shape index (κ2) is 3.31. The molecular weight excluding hydrogens is 176 g/mol. The second-order valence-corrected chi connectivity index (χ2v) is 3.39. The van der Waals surface area contributed by atoms with E-state index in [-0.39, 0.29) is 0 Å². The zero-order chi connectivity index (χ0) is 10.1. The van der Waals surface area contributed by atoms with Gasteiger partial charge in [-0.25, -0.2) is 0 Å². The molecule has 4 heteroatoms. The quantitative estimate of drug-likeness (QED) is 0.749. The zero-order valence-corrected chi connectivity index (χ0v) is 8.41. The third kappa shape index (κ3) is 1.24. The molecule has 0 bridgehead atoms. The number of aromatic nitrogens is 3. The van der Waals surface area contributed by atoms with E-state index in [1.54, 1.807) is 6.20 Å². The Balaban J connectivity index is 2.58. The number of aromatic amines is 1. The fourth-order valence-corrected chi connectivity index (χ4v) is 1.80. The van der Waals surface area contributed by atoms with Gasteiger partial charge in [-0.15, -0.1) is 0 Å². The van der Waals surface area contributed by atoms with Crippen molar-refractivity contribution >= 4 is 0 Å². The summed E-state index contributed by atoms with van der Waals surface area (Å²) in [5, 5.41) is 6.75. The van der Waals surface area contributed by atoms with Crippen LogP contribution in [0.1, 0.15) is 17.0 Å². The number of hydrogen-bond donors (Lipinski definition) is 2. The average Bonchev–Trinajstić information content (AvgIpc) is 2.74. The second-order valence-electron chi connectivity index (χ2n) is 3.39. The lowest BCUT2D eigenvalue weighted by molar-refractivity contribution is 0.944. The van der Waals surface area contributed by atoms with E-state index in [9.17, 15) is 0 Å². The molecule has 14 heavy (non-hydrogen) atoms. The summed E-state index contributed by atoms with van der Waals surface area (Å²) in [7, 11) is 0. The van der Waals surface area contributed by atoms with E-state index in [1.807, 2.05) is 6.20 Å². The molecule has 2 heterocycles. The fraction of sp³-hybridized carbons (Fsp3) is 0.300. The molecule has 0 aromatic carbocycles. The van der Waals surface area contributed by atoms with Crippen LogP contribution in [0.5, 0.6) is 0 Å². The van der Waals surface area contributed by atoms with Crippen molar-refractivity contribution in [2.45, 2.75) is 20.4 Å². The lowest BCUT2D eigenvalue weighted by Crippen LogP contribution is -2.00. The maximum absolute atomic E-state index is 5.65. The van der Waals surface area contributed by atoms with Crippen molar-refractivity contribution in [3.63, 3.8) is 0 Å². The van der Waals surface area contributed by atoms with E-state index in [2.05, 4.69) is 34.7 Å². The molecule has 0 spiro atoms. The Morgan fingerprint density at radius 2 is 2.29 bits per heavy atom. The maximum Gasteiger partial charge on any atom is 0.0835 e. The van der Waals surface area contributed by atoms with Crippen molar-refractivity contribution in [1.29, 1.82) is 0 Å². The van der Waals surface area contributed by atoms with Crippen molar-refractivity contribution in [1.82, 2.24) is 14.8 Å². The first-order valence-corrected chi connectivity index (χ1v) is 4.61. The number of rotatable bonds is 2. The molecule has 2 aromatic heterocycles. The Morgan fingerprint density at radius 1 is 1.50 bits per heavy atom. The zero-order valence-electron chi connectivity index (χ0n) is 8.41. The van der Waals surface area contributed by atoms with Gasteiger partial charge in [-0.3, -0.25) is 5.10 Å². The van der Waals surface area contributed by atoms with E-state index in [1.165, 1.54) is 17.0 Å². The van der Waals surface area contributed by atoms with Gasteiger partial charge in [0.25, 0.3) is 0 Å². The molecule has 0 saturated heterocycles. The predicted molar refractivity (Wildman–Crippen MR) is 55.3 cm³/mol. The lowest BCUT2D eigenvalue weighted by atomic mass is 10.2. The Kier molecular flexibility index (Phi) is 2.13. The van der Waals surface area contributed by atoms with Crippen LogP contribution in [0.4, 0.5) is 0 Å². The SMILES string of the molecule is Cc1cc(CN)c(C)n1-c1cn[nH]c1. The largest absolute Gasteiger partial charge is 0.326 e. The van der Waals surface area contributed by atoms with Gasteiger partial charge in [0.05, 0.1) is 11.9 Å². The van der Waals surface area contributed by atoms with Gasteiger partial charge in [0.2, 0.25) is 0 Å². The molecule has 4 nitrogen and oxygen atoms in total. The van der Waals surface area contributed by atoms with Gasteiger partial charge in [0.1, 0.15) is 0 Å². The smallest absolute Gasteiger partial charge is 0.0835 e. The van der Waals surface area contributed by atoms with E-state index >= 15 is 0 Å². The maximum atomic E-state index is 5.65. The molecule has 0 radical (unpaired) electrons. The van der Waals surface area contributed by atoms with Crippen LogP contribution in [0, 0.1) is 13.8 Å². The number of hydrogen-bond acceptors (Lipinski definition) is 2. The van der Waals surface area contributed by atoms with Crippen molar-refractivity contribution in [2.75, 3.05) is 0 Å². The highest BCUT2D eigenvalue weighted by molar-refractivity contribution is 5.38. The molecule has 0 unspecified atom stereocenters. The molecule has 0 aliphatic rings. The summed E-state index contributed by atoms with van der Waals surface area (Å²) in [6.07, 6.45) is 3.68. The van der Waals surface area contributed by atoms with E-state index in [4.69, 9.17) is 5.73 Å². The van der Waals surface area contributed by atoms with Gasteiger partial charge in [-0.2, -0.15) is 5.10 Å². The molecule has 3 N–H and O–H groups in total. The summed E-state index contributed by atoms with van der Waals surface area (Å²) >= 11 is 0. The van der Waals surface area contributed by atoms with Crippen LogP contribution in [0.25, 0.3) is 5.69 Å². The van der Waals surface area contributed by atoms with Crippen LogP contribution in [0.2, 0.25) is 0 Å². The van der Waals surface area contributed by atoms with Crippen molar-refractivity contribution < 1.29 is 0 Å². The van der Waals surface area contributed by atoms with Gasteiger partial charge in [0, 0.05) is 24.1 Å². The van der Waals surface area contributed by atoms with E-state index < -0.39 is 0 Å². The molecular formula is C10H14N4. The van der Waals surface area contributed by atoms with Crippen molar-refractivity contribution in [3.05, 3.63) is 35.4 Å². The average molecular weight is 190 g/mol. The molecule has 74 valence electrons. The first kappa shape index (κ1) is 9.02. The predicted octanol–water partition coefficient (Wildman–Crippen LogP) is 1.28. The van der Waals surface area contributed by atoms with Crippen LogP contribution in [-0.4, -0.2) is 14.8 Å². The van der Waals surface area contributed by atoms with Crippen LogP contribution in [0.15, 0.2) is 18.5 Å². The van der Waals surface area contributed by atoms with Crippen molar-refractivity contribution in [3.8, 4) is 5.69 Å². The van der Waals surface area contributed by atoms with Crippen LogP contribution in [-0.2, 0) is 6.54 Å². The first-order chi connectivity index (χ1) is 6.74. The minimum atomic E-state index is 0.581. The van der Waals surface area contributed by atoms with Gasteiger partial charge in [-0.05, 0) is 25.5 Å². The fourth-order valence-electron chi connectivity index (χ4n) is 1.80. The highest BCUT2D eigenvalue weighted by Gasteiger charge is 2.09. The van der Waals surface area contributed by atoms with Crippen LogP contribution < -0.4 is 5.73 Å². The summed E-state index contributed by atoms with van der Waals surface area (Å²) in [5.41, 5.74) is 10.3. The molecule has 0 saturated carbocycles. The Morgan fingerprint density at radius 3 is 2.79 bits per heavy atom. The summed E-state index contributed by atoms with van der Waals surface area (Å²) in [6.45, 7) is 4.72. The number of aryl methyl sites for hydroxylation is 1. The third-order valence-corrected chi connectivity index (χ3v) is 2.50. The van der Waals surface area contributed by atoms with E-state index in [0.717, 1.165) is 5.69 Å². The lowest BCUT2D eigenvalue weighted by Gasteiger charge is -2.05. The first-order valence-electron chi connectivity index (χ1n) is 4.61. The number of H-pyrrole nitrogens is 1. The Hall–Kier alpha value is -1.55. The van der Waals surface area contributed by atoms with Gasteiger partial charge in [-0.1, -0.05) is 0 Å². The molecule has 0 aliphatic heterocycles. The van der Waals surface area contributed by atoms with Gasteiger partial charge >= 0.3 is 0 Å². The third-order valence-electron chi connectivity index (χ3n) is 2.50. The molecule has 0 aliphatic carbocycles. The standard InChI is InChI=1S/C10H14N4/c1-7-3-9(4-11)8(2)14(7)10-5-12-13-6-10/h3,5-6H,4,11H2,1-2H3,(H,12,13). The van der Waals surface area contributed by atoms with E-state index in [0.29, 0.717) is 6.54 Å². The molecule has 0 fully saturated rings. The molecule has 2 rings (SSSR count). The monoisotopic (exact) mass is 190 g/mol. The molecule has 2 aromatic rings. The highest BCUT2D eigenvalue weighted by atomic mass is 15.1. The van der Waals surface area contributed by atoms with Crippen molar-refractivity contribution in [2.24, 2.45) is 5.73 Å². The normalized spacial score (nSPS) is 10.8. The highest BCUT2D eigenvalue weighted by Crippen LogP contribution is 2.19. The summed E-state index contributed by atoms with van der Waals surface area (Å²) in [6, 6.07) is 2.11. The summed E-state index contributed by atoms with van der Waals surface area (Å²) in [4.78, 5) is 0. The number of nitrogens with zero attached hydrogens (tertiary/aromatic N) is 2. The van der Waals surface area contributed by atoms with Gasteiger partial charge < -0.3 is 10.3 Å². The molecule has 0 amide bonds. The topological polar surface area (TPSA) is 59.6 Å². The summed E-state index contributed by atoms with van der Waals surface area (Å²) < 4.78 is 2.14. The molecule has 0 atom stereocenters. The van der Waals surface area contributed by atoms with Crippen LogP contribution >= 0.6 is 0 Å². The minimum absolute atomic E-state index is 0.581. The summed E-state index contributed by atoms with van der Waals surface area (Å²) in [5.74, 6) is 0. The Bertz CT molecular complexity index is 425. The number of nitrogens with two attached hydrogens (primary N) is 1.